The first-order chi connectivity index (χ1) is 7.61. The van der Waals surface area contributed by atoms with E-state index < -0.39 is 12.1 Å². The van der Waals surface area contributed by atoms with Crippen LogP contribution >= 0.6 is 0 Å². The molecule has 1 heterocycles. The average Bonchev–Trinajstić information content (AvgIpc) is 2.16. The zero-order chi connectivity index (χ0) is 13.7. The third-order valence-electron chi connectivity index (χ3n) is 2.45. The first-order valence-corrected chi connectivity index (χ1v) is 5.00. The van der Waals surface area contributed by atoms with Crippen molar-refractivity contribution in [2.75, 3.05) is 13.2 Å². The van der Waals surface area contributed by atoms with E-state index in [0.717, 1.165) is 19.6 Å². The number of hydrogen-bond donors (Lipinski definition) is 2. The monoisotopic (exact) mass is 258 g/mol. The van der Waals surface area contributed by atoms with E-state index in [4.69, 9.17) is 14.6 Å². The summed E-state index contributed by atoms with van der Waals surface area (Å²) in [5, 5.41) is 8.78. The predicted molar refractivity (Wildman–Crippen MR) is 50.1 cm³/mol. The predicted octanol–water partition coefficient (Wildman–Crippen LogP) is -1.15. The van der Waals surface area contributed by atoms with Gasteiger partial charge in [-0.05, 0) is 6.42 Å². The highest BCUT2D eigenvalue weighted by atomic mass is 19.4. The minimum Gasteiger partial charge on any atom is -0.542 e. The summed E-state index contributed by atoms with van der Waals surface area (Å²) >= 11 is 0. The van der Waals surface area contributed by atoms with Crippen molar-refractivity contribution in [2.45, 2.75) is 32.5 Å². The molecule has 1 rings (SSSR count). The number of carboxylic acids is 1. The number of nitrogens with one attached hydrogen (secondary N) is 1. The highest BCUT2D eigenvalue weighted by Gasteiger charge is 2.33. The topological polar surface area (TPSA) is 89.0 Å². The summed E-state index contributed by atoms with van der Waals surface area (Å²) in [6.45, 7) is 6.13. The Morgan fingerprint density at radius 3 is 2.24 bits per heavy atom. The summed E-state index contributed by atoms with van der Waals surface area (Å²) in [6.07, 6.45) is -4.11. The molecule has 0 aliphatic carbocycles. The Hall–Kier alpha value is -0.860. The molecule has 1 saturated heterocycles. The summed E-state index contributed by atoms with van der Waals surface area (Å²) in [5.41, 5.74) is 3.31. The van der Waals surface area contributed by atoms with E-state index in [-0.39, 0.29) is 5.41 Å². The highest BCUT2D eigenvalue weighted by Crippen LogP contribution is 2.26. The van der Waals surface area contributed by atoms with Crippen LogP contribution in [0.2, 0.25) is 0 Å². The molecule has 0 bridgehead atoms. The number of aliphatic carboxylic acids is 1. The van der Waals surface area contributed by atoms with Crippen LogP contribution in [-0.4, -0.2) is 31.4 Å². The summed E-state index contributed by atoms with van der Waals surface area (Å²) in [6, 6.07) is 0.515. The Morgan fingerprint density at radius 1 is 1.53 bits per heavy atom. The van der Waals surface area contributed by atoms with Gasteiger partial charge >= 0.3 is 6.18 Å². The van der Waals surface area contributed by atoms with Crippen LogP contribution in [0.15, 0.2) is 0 Å². The maximum Gasteiger partial charge on any atom is 0.430 e. The van der Waals surface area contributed by atoms with Crippen molar-refractivity contribution in [3.05, 3.63) is 0 Å². The Morgan fingerprint density at radius 2 is 2.00 bits per heavy atom. The molecule has 17 heavy (non-hydrogen) atoms. The minimum atomic E-state index is -5.19. The zero-order valence-electron chi connectivity index (χ0n) is 9.76. The van der Waals surface area contributed by atoms with Gasteiger partial charge in [-0.3, -0.25) is 5.84 Å². The van der Waals surface area contributed by atoms with Gasteiger partial charge in [0.15, 0.2) is 0 Å². The second-order valence-corrected chi connectivity index (χ2v) is 4.37. The molecule has 0 amide bonds. The second kappa shape index (κ2) is 6.18. The third-order valence-corrected chi connectivity index (χ3v) is 2.45. The number of ether oxygens (including phenoxy) is 1. The van der Waals surface area contributed by atoms with Crippen molar-refractivity contribution in [1.82, 2.24) is 5.43 Å². The van der Waals surface area contributed by atoms with Gasteiger partial charge in [-0.15, -0.1) is 0 Å². The lowest BCUT2D eigenvalue weighted by Gasteiger charge is -2.36. The molecule has 0 aromatic heterocycles. The van der Waals surface area contributed by atoms with E-state index in [1.165, 1.54) is 0 Å². The van der Waals surface area contributed by atoms with Crippen LogP contribution in [0.4, 0.5) is 13.2 Å². The van der Waals surface area contributed by atoms with Gasteiger partial charge in [0.2, 0.25) is 0 Å². The van der Waals surface area contributed by atoms with E-state index in [1.807, 2.05) is 0 Å². The Bertz CT molecular complexity index is 256. The molecule has 102 valence electrons. The van der Waals surface area contributed by atoms with Gasteiger partial charge in [0.05, 0.1) is 12.6 Å². The summed E-state index contributed by atoms with van der Waals surface area (Å²) in [4.78, 5) is 8.78. The van der Waals surface area contributed by atoms with Crippen LogP contribution < -0.4 is 16.4 Å². The molecular weight excluding hydrogens is 241 g/mol. The van der Waals surface area contributed by atoms with E-state index in [9.17, 15) is 13.2 Å². The van der Waals surface area contributed by atoms with E-state index in [2.05, 4.69) is 25.1 Å². The van der Waals surface area contributed by atoms with E-state index in [0.29, 0.717) is 6.04 Å². The highest BCUT2D eigenvalue weighted by molar-refractivity contribution is 5.70. The number of alkyl halides is 3. The molecule has 1 aliphatic rings. The molecule has 0 radical (unpaired) electrons. The fraction of sp³-hybridized carbons (Fsp3) is 0.889. The van der Waals surface area contributed by atoms with Crippen LogP contribution in [0, 0.1) is 5.41 Å². The molecule has 0 spiro atoms. The molecule has 8 heteroatoms. The van der Waals surface area contributed by atoms with E-state index >= 15 is 0 Å². The number of carboxylic acid groups (broad SMARTS) is 1. The quantitative estimate of drug-likeness (QED) is 0.581. The number of carbonyl (C=O) groups is 1. The maximum absolute atomic E-state index is 10.5. The lowest BCUT2D eigenvalue weighted by atomic mass is 9.82. The smallest absolute Gasteiger partial charge is 0.430 e. The lowest BCUT2D eigenvalue weighted by Crippen LogP contribution is -2.72. The Labute approximate surface area is 97.1 Å². The van der Waals surface area contributed by atoms with Crippen LogP contribution in [-0.2, 0) is 9.53 Å². The summed E-state index contributed by atoms with van der Waals surface area (Å²) in [7, 11) is 0. The fourth-order valence-corrected chi connectivity index (χ4v) is 1.41. The molecule has 1 atom stereocenters. The standard InChI is InChI=1S/C7H16N2O.C2HF3O2/c1-7(2)5-10-4-3-6(7)9-8;3-2(4,5)1(6)7/h6,9H,3-5,8H2,1-2H3;(H,6,7). The molecule has 0 aromatic carbocycles. The van der Waals surface area contributed by atoms with Crippen molar-refractivity contribution in [3.8, 4) is 0 Å². The SMILES string of the molecule is CC1(C)COCCC1N[NH3+].O=C([O-])C(F)(F)F. The summed E-state index contributed by atoms with van der Waals surface area (Å²) < 4.78 is 36.9. The normalized spacial score (nSPS) is 23.5. The zero-order valence-corrected chi connectivity index (χ0v) is 9.76. The number of quaternary nitrogens is 1. The Balaban J connectivity index is 0.000000325. The van der Waals surface area contributed by atoms with Crippen LogP contribution in [0.25, 0.3) is 0 Å². The third kappa shape index (κ3) is 5.85. The molecule has 5 nitrogen and oxygen atoms in total. The van der Waals surface area contributed by atoms with Gasteiger partial charge in [0, 0.05) is 12.0 Å². The number of carbonyl (C=O) groups excluding carboxylic acids is 1. The molecule has 0 saturated carbocycles. The van der Waals surface area contributed by atoms with Gasteiger partial charge in [-0.1, -0.05) is 13.8 Å². The average molecular weight is 258 g/mol. The van der Waals surface area contributed by atoms with Crippen molar-refractivity contribution in [1.29, 1.82) is 0 Å². The van der Waals surface area contributed by atoms with Crippen molar-refractivity contribution in [2.24, 2.45) is 5.41 Å². The van der Waals surface area contributed by atoms with Crippen molar-refractivity contribution in [3.63, 3.8) is 0 Å². The van der Waals surface area contributed by atoms with Crippen molar-refractivity contribution >= 4 is 5.97 Å². The van der Waals surface area contributed by atoms with Crippen molar-refractivity contribution < 1.29 is 33.7 Å². The largest absolute Gasteiger partial charge is 0.542 e. The Kier molecular flexibility index (Phi) is 5.86. The van der Waals surface area contributed by atoms with Crippen LogP contribution in [0.5, 0.6) is 0 Å². The number of halogens is 3. The number of hydrogen-bond acceptors (Lipinski definition) is 4. The first kappa shape index (κ1) is 16.1. The first-order valence-electron chi connectivity index (χ1n) is 5.00. The fourth-order valence-electron chi connectivity index (χ4n) is 1.41. The molecule has 1 unspecified atom stereocenters. The lowest BCUT2D eigenvalue weighted by molar-refractivity contribution is -0.459. The molecule has 1 aliphatic heterocycles. The molecule has 0 aromatic rings. The minimum absolute atomic E-state index is 0.250. The molecule has 4 N–H and O–H groups in total. The van der Waals surface area contributed by atoms with Crippen LogP contribution in [0.1, 0.15) is 20.3 Å². The molecular formula is C9H17F3N2O3. The maximum atomic E-state index is 10.5. The van der Waals surface area contributed by atoms with Gasteiger partial charge in [0.1, 0.15) is 5.97 Å². The van der Waals surface area contributed by atoms with E-state index in [1.54, 1.807) is 0 Å². The second-order valence-electron chi connectivity index (χ2n) is 4.37. The molecule has 1 fully saturated rings. The summed E-state index contributed by atoms with van der Waals surface area (Å²) in [5.74, 6) is 0.692. The van der Waals surface area contributed by atoms with Crippen LogP contribution in [0.3, 0.4) is 0 Å². The van der Waals surface area contributed by atoms with Gasteiger partial charge < -0.3 is 14.6 Å². The number of rotatable bonds is 1. The van der Waals surface area contributed by atoms with Gasteiger partial charge in [-0.2, -0.15) is 18.6 Å². The van der Waals surface area contributed by atoms with Gasteiger partial charge in [-0.25, -0.2) is 0 Å². The van der Waals surface area contributed by atoms with Gasteiger partial charge in [0.25, 0.3) is 0 Å².